The number of nitrogens with one attached hydrogen (secondary N) is 1. The highest BCUT2D eigenvalue weighted by Crippen LogP contribution is 2.39. The van der Waals surface area contributed by atoms with Crippen LogP contribution in [0.15, 0.2) is 0 Å². The zero-order chi connectivity index (χ0) is 15.5. The van der Waals surface area contributed by atoms with Crippen LogP contribution in [0.25, 0.3) is 0 Å². The summed E-state index contributed by atoms with van der Waals surface area (Å²) < 4.78 is 0. The number of hydrogen-bond acceptors (Lipinski definition) is 2. The maximum atomic E-state index is 3.83. The Balaban J connectivity index is 2.04. The van der Waals surface area contributed by atoms with Crippen molar-refractivity contribution in [3.63, 3.8) is 0 Å². The normalized spacial score (nSPS) is 34.9. The summed E-state index contributed by atoms with van der Waals surface area (Å²) in [5.41, 5.74) is 0.447. The Morgan fingerprint density at radius 2 is 1.86 bits per heavy atom. The average molecular weight is 295 g/mol. The third-order valence-corrected chi connectivity index (χ3v) is 6.19. The van der Waals surface area contributed by atoms with Crippen LogP contribution in [-0.2, 0) is 0 Å². The molecular weight excluding hydrogens is 256 g/mol. The Labute approximate surface area is 133 Å². The van der Waals surface area contributed by atoms with Crippen molar-refractivity contribution in [3.05, 3.63) is 0 Å². The van der Waals surface area contributed by atoms with Gasteiger partial charge in [-0.3, -0.25) is 4.90 Å². The number of hydrogen-bond donors (Lipinski definition) is 1. The molecule has 3 unspecified atom stereocenters. The predicted molar refractivity (Wildman–Crippen MR) is 92.6 cm³/mol. The summed E-state index contributed by atoms with van der Waals surface area (Å²) in [6, 6.07) is 1.44. The molecule has 2 aliphatic rings. The Hall–Kier alpha value is -0.0800. The Kier molecular flexibility index (Phi) is 6.14. The first-order valence-corrected chi connectivity index (χ1v) is 9.43. The first-order valence-electron chi connectivity index (χ1n) is 9.43. The van der Waals surface area contributed by atoms with E-state index in [1.165, 1.54) is 51.6 Å². The smallest absolute Gasteiger partial charge is 0.0274 e. The van der Waals surface area contributed by atoms with E-state index in [4.69, 9.17) is 0 Å². The fourth-order valence-electron chi connectivity index (χ4n) is 4.78. The van der Waals surface area contributed by atoms with E-state index in [0.29, 0.717) is 11.5 Å². The topological polar surface area (TPSA) is 15.3 Å². The summed E-state index contributed by atoms with van der Waals surface area (Å²) in [7, 11) is 0. The Morgan fingerprint density at radius 1 is 1.10 bits per heavy atom. The van der Waals surface area contributed by atoms with Crippen molar-refractivity contribution in [2.45, 2.75) is 85.2 Å². The number of rotatable bonds is 4. The van der Waals surface area contributed by atoms with Crippen molar-refractivity contribution in [3.8, 4) is 0 Å². The molecule has 0 radical (unpaired) electrons. The van der Waals surface area contributed by atoms with Gasteiger partial charge in [0.1, 0.15) is 0 Å². The molecule has 2 heteroatoms. The molecule has 0 aromatic carbocycles. The van der Waals surface area contributed by atoms with E-state index < -0.39 is 0 Å². The third kappa shape index (κ3) is 4.22. The molecule has 2 fully saturated rings. The Morgan fingerprint density at radius 3 is 2.52 bits per heavy atom. The summed E-state index contributed by atoms with van der Waals surface area (Å²) in [6.45, 7) is 15.8. The molecule has 21 heavy (non-hydrogen) atoms. The monoisotopic (exact) mass is 294 g/mol. The second kappa shape index (κ2) is 7.46. The van der Waals surface area contributed by atoms with E-state index in [1.807, 2.05) is 0 Å². The van der Waals surface area contributed by atoms with Crippen molar-refractivity contribution < 1.29 is 0 Å². The molecule has 1 saturated carbocycles. The van der Waals surface area contributed by atoms with Gasteiger partial charge in [-0.1, -0.05) is 41.0 Å². The molecule has 0 amide bonds. The average Bonchev–Trinajstić information content (AvgIpc) is 2.66. The van der Waals surface area contributed by atoms with Crippen molar-refractivity contribution in [2.24, 2.45) is 17.3 Å². The van der Waals surface area contributed by atoms with E-state index in [2.05, 4.69) is 44.8 Å². The minimum Gasteiger partial charge on any atom is -0.312 e. The fraction of sp³-hybridized carbons (Fsp3) is 1.00. The molecule has 3 atom stereocenters. The van der Waals surface area contributed by atoms with Crippen molar-refractivity contribution in [2.75, 3.05) is 19.6 Å². The van der Waals surface area contributed by atoms with Crippen LogP contribution < -0.4 is 5.32 Å². The molecule has 2 rings (SSSR count). The van der Waals surface area contributed by atoms with Crippen LogP contribution in [0, 0.1) is 17.3 Å². The van der Waals surface area contributed by atoms with Crippen LogP contribution >= 0.6 is 0 Å². The van der Waals surface area contributed by atoms with Crippen LogP contribution in [0.1, 0.15) is 73.1 Å². The standard InChI is InChI=1S/C19H38N2/c1-6-20-18-17(10-7-12-19(18,4)5)21-13-8-9-16(11-14-21)15(2)3/h15-18,20H,6-14H2,1-5H3. The molecule has 0 aromatic heterocycles. The highest BCUT2D eigenvalue weighted by Gasteiger charge is 2.41. The molecule has 2 nitrogen and oxygen atoms in total. The summed E-state index contributed by atoms with van der Waals surface area (Å²) in [5.74, 6) is 1.81. The van der Waals surface area contributed by atoms with Gasteiger partial charge >= 0.3 is 0 Å². The van der Waals surface area contributed by atoms with Crippen LogP contribution in [0.5, 0.6) is 0 Å². The summed E-state index contributed by atoms with van der Waals surface area (Å²) in [4.78, 5) is 2.84. The predicted octanol–water partition coefficient (Wildman–Crippen LogP) is 4.30. The minimum atomic E-state index is 0.447. The third-order valence-electron chi connectivity index (χ3n) is 6.19. The maximum Gasteiger partial charge on any atom is 0.0274 e. The molecule has 124 valence electrons. The van der Waals surface area contributed by atoms with Gasteiger partial charge in [0.15, 0.2) is 0 Å². The lowest BCUT2D eigenvalue weighted by Gasteiger charge is -2.48. The van der Waals surface area contributed by atoms with Crippen LogP contribution in [0.4, 0.5) is 0 Å². The second-order valence-electron chi connectivity index (χ2n) is 8.45. The van der Waals surface area contributed by atoms with Gasteiger partial charge in [0.2, 0.25) is 0 Å². The molecule has 1 aliphatic heterocycles. The number of likely N-dealkylation sites (N-methyl/N-ethyl adjacent to an activating group) is 1. The number of likely N-dealkylation sites (tertiary alicyclic amines) is 1. The quantitative estimate of drug-likeness (QED) is 0.831. The molecule has 0 spiro atoms. The SMILES string of the molecule is CCNC1C(N2CCCC(C(C)C)CC2)CCCC1(C)C. The van der Waals surface area contributed by atoms with E-state index in [0.717, 1.165) is 24.4 Å². The van der Waals surface area contributed by atoms with E-state index >= 15 is 0 Å². The summed E-state index contributed by atoms with van der Waals surface area (Å²) >= 11 is 0. The van der Waals surface area contributed by atoms with Gasteiger partial charge in [-0.25, -0.2) is 0 Å². The van der Waals surface area contributed by atoms with E-state index in [1.54, 1.807) is 0 Å². The Bertz CT molecular complexity index is 311. The van der Waals surface area contributed by atoms with Gasteiger partial charge in [0.25, 0.3) is 0 Å². The molecule has 0 aromatic rings. The largest absolute Gasteiger partial charge is 0.312 e. The van der Waals surface area contributed by atoms with Gasteiger partial charge in [0.05, 0.1) is 0 Å². The first-order chi connectivity index (χ1) is 9.95. The van der Waals surface area contributed by atoms with E-state index in [-0.39, 0.29) is 0 Å². The molecule has 1 saturated heterocycles. The van der Waals surface area contributed by atoms with Gasteiger partial charge < -0.3 is 5.32 Å². The summed E-state index contributed by atoms with van der Waals surface area (Å²) in [6.07, 6.45) is 8.43. The van der Waals surface area contributed by atoms with Gasteiger partial charge in [-0.15, -0.1) is 0 Å². The lowest BCUT2D eigenvalue weighted by Crippen LogP contribution is -2.59. The molecular formula is C19H38N2. The lowest BCUT2D eigenvalue weighted by molar-refractivity contribution is 0.0500. The first kappa shape index (κ1) is 17.3. The van der Waals surface area contributed by atoms with Crippen LogP contribution in [0.3, 0.4) is 0 Å². The molecule has 1 N–H and O–H groups in total. The highest BCUT2D eigenvalue weighted by molar-refractivity contribution is 4.98. The lowest BCUT2D eigenvalue weighted by atomic mass is 9.70. The zero-order valence-electron chi connectivity index (χ0n) is 15.1. The molecule has 1 heterocycles. The maximum absolute atomic E-state index is 3.83. The van der Waals surface area contributed by atoms with E-state index in [9.17, 15) is 0 Å². The molecule has 0 bridgehead atoms. The van der Waals surface area contributed by atoms with Gasteiger partial charge in [-0.05, 0) is 69.0 Å². The van der Waals surface area contributed by atoms with Crippen molar-refractivity contribution in [1.82, 2.24) is 10.2 Å². The van der Waals surface area contributed by atoms with Gasteiger partial charge in [0, 0.05) is 12.1 Å². The van der Waals surface area contributed by atoms with Crippen molar-refractivity contribution in [1.29, 1.82) is 0 Å². The molecule has 1 aliphatic carbocycles. The zero-order valence-corrected chi connectivity index (χ0v) is 15.1. The van der Waals surface area contributed by atoms with Crippen LogP contribution in [-0.4, -0.2) is 36.6 Å². The summed E-state index contributed by atoms with van der Waals surface area (Å²) in [5, 5.41) is 3.83. The number of nitrogens with zero attached hydrogens (tertiary/aromatic N) is 1. The minimum absolute atomic E-state index is 0.447. The van der Waals surface area contributed by atoms with Crippen molar-refractivity contribution >= 4 is 0 Å². The van der Waals surface area contributed by atoms with Gasteiger partial charge in [-0.2, -0.15) is 0 Å². The highest BCUT2D eigenvalue weighted by atomic mass is 15.2. The van der Waals surface area contributed by atoms with Crippen LogP contribution in [0.2, 0.25) is 0 Å². The second-order valence-corrected chi connectivity index (χ2v) is 8.45. The fourth-order valence-corrected chi connectivity index (χ4v) is 4.78.